The van der Waals surface area contributed by atoms with Crippen LogP contribution in [-0.4, -0.2) is 0 Å². The van der Waals surface area contributed by atoms with Gasteiger partial charge in [-0.1, -0.05) is 30.3 Å². The molecule has 1 aliphatic rings. The summed E-state index contributed by atoms with van der Waals surface area (Å²) >= 11 is 0. The van der Waals surface area contributed by atoms with E-state index in [-0.39, 0.29) is 11.9 Å². The van der Waals surface area contributed by atoms with Crippen molar-refractivity contribution in [2.75, 3.05) is 0 Å². The maximum atomic E-state index is 13.0. The van der Waals surface area contributed by atoms with E-state index in [1.54, 1.807) is 12.1 Å². The molecule has 0 aromatic heterocycles. The van der Waals surface area contributed by atoms with E-state index in [0.717, 1.165) is 12.0 Å². The Labute approximate surface area is 118 Å². The summed E-state index contributed by atoms with van der Waals surface area (Å²) in [5.74, 6) is 5.44. The molecule has 20 heavy (non-hydrogen) atoms. The Balaban J connectivity index is 1.79. The number of benzene rings is 2. The SMILES string of the molecule is NNC(Cc1ccc2c(c1)CCC2)c1ccc(F)cc1. The summed E-state index contributed by atoms with van der Waals surface area (Å²) in [4.78, 5) is 0. The maximum absolute atomic E-state index is 13.0. The molecule has 0 saturated carbocycles. The van der Waals surface area contributed by atoms with Crippen LogP contribution in [0.3, 0.4) is 0 Å². The summed E-state index contributed by atoms with van der Waals surface area (Å²) in [5, 5.41) is 0. The van der Waals surface area contributed by atoms with Crippen molar-refractivity contribution in [3.8, 4) is 0 Å². The average molecular weight is 270 g/mol. The van der Waals surface area contributed by atoms with Gasteiger partial charge in [-0.2, -0.15) is 0 Å². The lowest BCUT2D eigenvalue weighted by Crippen LogP contribution is -2.29. The van der Waals surface area contributed by atoms with Crippen LogP contribution in [-0.2, 0) is 19.3 Å². The number of hydrazine groups is 1. The summed E-state index contributed by atoms with van der Waals surface area (Å²) in [5.41, 5.74) is 8.07. The number of hydrogen-bond donors (Lipinski definition) is 2. The molecule has 0 heterocycles. The Bertz CT molecular complexity index is 592. The molecule has 0 bridgehead atoms. The Morgan fingerprint density at radius 1 is 1.05 bits per heavy atom. The van der Waals surface area contributed by atoms with Gasteiger partial charge in [-0.25, -0.2) is 4.39 Å². The van der Waals surface area contributed by atoms with Crippen molar-refractivity contribution in [1.29, 1.82) is 0 Å². The van der Waals surface area contributed by atoms with Gasteiger partial charge in [-0.15, -0.1) is 0 Å². The number of nitrogens with two attached hydrogens (primary N) is 1. The van der Waals surface area contributed by atoms with Crippen LogP contribution in [0.5, 0.6) is 0 Å². The average Bonchev–Trinajstić information content (AvgIpc) is 2.93. The number of halogens is 1. The molecule has 0 saturated heterocycles. The third-order valence-electron chi connectivity index (χ3n) is 4.08. The van der Waals surface area contributed by atoms with Crippen molar-refractivity contribution in [3.05, 3.63) is 70.5 Å². The third-order valence-corrected chi connectivity index (χ3v) is 4.08. The van der Waals surface area contributed by atoms with Crippen LogP contribution in [0, 0.1) is 5.82 Å². The molecule has 104 valence electrons. The Hall–Kier alpha value is -1.71. The zero-order valence-corrected chi connectivity index (χ0v) is 11.4. The van der Waals surface area contributed by atoms with E-state index in [9.17, 15) is 4.39 Å². The van der Waals surface area contributed by atoms with Gasteiger partial charge in [0.15, 0.2) is 0 Å². The Morgan fingerprint density at radius 2 is 1.80 bits per heavy atom. The first-order valence-corrected chi connectivity index (χ1v) is 7.08. The predicted octanol–water partition coefficient (Wildman–Crippen LogP) is 3.06. The number of rotatable bonds is 4. The van der Waals surface area contributed by atoms with Crippen LogP contribution in [0.15, 0.2) is 42.5 Å². The van der Waals surface area contributed by atoms with Gasteiger partial charge in [0, 0.05) is 6.04 Å². The summed E-state index contributed by atoms with van der Waals surface area (Å²) in [6.45, 7) is 0. The third kappa shape index (κ3) is 2.74. The van der Waals surface area contributed by atoms with Crippen molar-refractivity contribution in [1.82, 2.24) is 5.43 Å². The zero-order chi connectivity index (χ0) is 13.9. The molecule has 3 heteroatoms. The van der Waals surface area contributed by atoms with E-state index in [4.69, 9.17) is 5.84 Å². The fourth-order valence-electron chi connectivity index (χ4n) is 2.96. The summed E-state index contributed by atoms with van der Waals surface area (Å²) < 4.78 is 13.0. The summed E-state index contributed by atoms with van der Waals surface area (Å²) in [7, 11) is 0. The molecule has 3 N–H and O–H groups in total. The predicted molar refractivity (Wildman–Crippen MR) is 78.6 cm³/mol. The number of aryl methyl sites for hydroxylation is 2. The van der Waals surface area contributed by atoms with Gasteiger partial charge in [0.05, 0.1) is 0 Å². The normalized spacial score (nSPS) is 15.1. The highest BCUT2D eigenvalue weighted by Gasteiger charge is 2.14. The van der Waals surface area contributed by atoms with E-state index >= 15 is 0 Å². The molecule has 1 aliphatic carbocycles. The zero-order valence-electron chi connectivity index (χ0n) is 11.4. The Morgan fingerprint density at radius 3 is 2.55 bits per heavy atom. The van der Waals surface area contributed by atoms with Crippen LogP contribution >= 0.6 is 0 Å². The van der Waals surface area contributed by atoms with Crippen molar-refractivity contribution < 1.29 is 4.39 Å². The van der Waals surface area contributed by atoms with Crippen molar-refractivity contribution in [2.45, 2.75) is 31.7 Å². The molecule has 2 nitrogen and oxygen atoms in total. The molecule has 2 aromatic carbocycles. The van der Waals surface area contributed by atoms with Gasteiger partial charge in [0.2, 0.25) is 0 Å². The van der Waals surface area contributed by atoms with Crippen LogP contribution in [0.25, 0.3) is 0 Å². The molecule has 0 spiro atoms. The highest BCUT2D eigenvalue weighted by Crippen LogP contribution is 2.25. The van der Waals surface area contributed by atoms with E-state index in [1.807, 2.05) is 0 Å². The number of fused-ring (bicyclic) bond motifs is 1. The topological polar surface area (TPSA) is 38.0 Å². The number of hydrogen-bond acceptors (Lipinski definition) is 2. The molecule has 0 aliphatic heterocycles. The highest BCUT2D eigenvalue weighted by molar-refractivity contribution is 5.36. The molecule has 0 fully saturated rings. The number of nitrogens with one attached hydrogen (secondary N) is 1. The van der Waals surface area contributed by atoms with Gasteiger partial charge in [0.1, 0.15) is 5.82 Å². The lowest BCUT2D eigenvalue weighted by atomic mass is 9.97. The smallest absolute Gasteiger partial charge is 0.123 e. The van der Waals surface area contributed by atoms with Gasteiger partial charge in [-0.05, 0) is 60.1 Å². The molecule has 3 rings (SSSR count). The lowest BCUT2D eigenvalue weighted by molar-refractivity contribution is 0.549. The summed E-state index contributed by atoms with van der Waals surface area (Å²) in [6.07, 6.45) is 4.46. The first-order valence-electron chi connectivity index (χ1n) is 7.08. The van der Waals surface area contributed by atoms with E-state index in [1.165, 1.54) is 48.1 Å². The molecular formula is C17H19FN2. The van der Waals surface area contributed by atoms with Crippen LogP contribution in [0.4, 0.5) is 4.39 Å². The monoisotopic (exact) mass is 270 g/mol. The minimum Gasteiger partial charge on any atom is -0.271 e. The Kier molecular flexibility index (Phi) is 3.81. The minimum absolute atomic E-state index is 0.00931. The highest BCUT2D eigenvalue weighted by atomic mass is 19.1. The first kappa shape index (κ1) is 13.3. The molecule has 1 unspecified atom stereocenters. The lowest BCUT2D eigenvalue weighted by Gasteiger charge is -2.17. The van der Waals surface area contributed by atoms with E-state index in [0.29, 0.717) is 0 Å². The van der Waals surface area contributed by atoms with Gasteiger partial charge in [-0.3, -0.25) is 11.3 Å². The van der Waals surface area contributed by atoms with Crippen LogP contribution in [0.2, 0.25) is 0 Å². The van der Waals surface area contributed by atoms with Crippen LogP contribution in [0.1, 0.15) is 34.7 Å². The quantitative estimate of drug-likeness (QED) is 0.662. The fraction of sp³-hybridized carbons (Fsp3) is 0.294. The second-order valence-corrected chi connectivity index (χ2v) is 5.43. The van der Waals surface area contributed by atoms with Crippen molar-refractivity contribution in [2.24, 2.45) is 5.84 Å². The fourth-order valence-corrected chi connectivity index (χ4v) is 2.96. The molecule has 0 amide bonds. The summed E-state index contributed by atoms with van der Waals surface area (Å²) in [6, 6.07) is 13.2. The standard InChI is InChI=1S/C17H19FN2/c18-16-8-6-14(7-9-16)17(20-19)11-12-4-5-13-2-1-3-15(13)10-12/h4-10,17,20H,1-3,11,19H2. The second kappa shape index (κ2) is 5.73. The second-order valence-electron chi connectivity index (χ2n) is 5.43. The van der Waals surface area contributed by atoms with E-state index in [2.05, 4.69) is 23.6 Å². The van der Waals surface area contributed by atoms with Gasteiger partial charge in [0.25, 0.3) is 0 Å². The van der Waals surface area contributed by atoms with Gasteiger partial charge < -0.3 is 0 Å². The largest absolute Gasteiger partial charge is 0.271 e. The maximum Gasteiger partial charge on any atom is 0.123 e. The molecule has 1 atom stereocenters. The first-order chi connectivity index (χ1) is 9.76. The minimum atomic E-state index is -0.220. The molecule has 0 radical (unpaired) electrons. The van der Waals surface area contributed by atoms with Crippen molar-refractivity contribution >= 4 is 0 Å². The molecular weight excluding hydrogens is 251 g/mol. The van der Waals surface area contributed by atoms with Gasteiger partial charge >= 0.3 is 0 Å². The molecule has 2 aromatic rings. The van der Waals surface area contributed by atoms with Crippen molar-refractivity contribution in [3.63, 3.8) is 0 Å². The van der Waals surface area contributed by atoms with E-state index < -0.39 is 0 Å². The van der Waals surface area contributed by atoms with Crippen LogP contribution < -0.4 is 11.3 Å².